The predicted molar refractivity (Wildman–Crippen MR) is 96.5 cm³/mol. The van der Waals surface area contributed by atoms with Crippen LogP contribution in [0.5, 0.6) is 0 Å². The van der Waals surface area contributed by atoms with Crippen molar-refractivity contribution in [2.45, 2.75) is 44.4 Å². The zero-order valence-electron chi connectivity index (χ0n) is 14.8. The molecular formula is C18H22N6O2. The fraction of sp³-hybridized carbons (Fsp3) is 0.444. The van der Waals surface area contributed by atoms with Gasteiger partial charge in [-0.2, -0.15) is 0 Å². The van der Waals surface area contributed by atoms with E-state index >= 15 is 0 Å². The zero-order chi connectivity index (χ0) is 18.4. The minimum Gasteiger partial charge on any atom is -0.350 e. The van der Waals surface area contributed by atoms with E-state index in [-0.39, 0.29) is 36.0 Å². The van der Waals surface area contributed by atoms with Gasteiger partial charge in [0.2, 0.25) is 5.91 Å². The molecule has 1 unspecified atom stereocenters. The van der Waals surface area contributed by atoms with Crippen molar-refractivity contribution < 1.29 is 9.59 Å². The molecule has 2 aliphatic rings. The van der Waals surface area contributed by atoms with Crippen LogP contribution >= 0.6 is 0 Å². The number of nitrogens with zero attached hydrogens (tertiary/aromatic N) is 3. The van der Waals surface area contributed by atoms with Crippen molar-refractivity contribution in [2.75, 3.05) is 6.54 Å². The van der Waals surface area contributed by atoms with Gasteiger partial charge in [0.1, 0.15) is 5.52 Å². The van der Waals surface area contributed by atoms with Crippen LogP contribution in [-0.4, -0.2) is 56.3 Å². The van der Waals surface area contributed by atoms with Gasteiger partial charge in [-0.15, -0.1) is 0 Å². The van der Waals surface area contributed by atoms with Gasteiger partial charge in [-0.25, -0.2) is 9.97 Å². The van der Waals surface area contributed by atoms with E-state index < -0.39 is 0 Å². The number of aromatic amines is 1. The molecule has 0 aromatic carbocycles. The molecule has 0 aliphatic carbocycles. The van der Waals surface area contributed by atoms with E-state index in [1.54, 1.807) is 12.4 Å². The standard InChI is InChI=1S/C18H22N6O2/c1-4-14(25)24-10-5-12(19-6-10)16(24)13-8-21-17-15(23-13)11(7-20-17)18(26)22-9(2)3/h4,7-10,12,16,19H,1,5-6H2,2-3H3,(H,20,21)(H,22,26)/t10-,12-,16?/m0/s1. The smallest absolute Gasteiger partial charge is 0.255 e. The second kappa shape index (κ2) is 6.21. The van der Waals surface area contributed by atoms with E-state index in [9.17, 15) is 9.59 Å². The van der Waals surface area contributed by atoms with Crippen molar-refractivity contribution >= 4 is 23.0 Å². The summed E-state index contributed by atoms with van der Waals surface area (Å²) in [4.78, 5) is 38.7. The first kappa shape index (κ1) is 16.7. The van der Waals surface area contributed by atoms with Gasteiger partial charge in [-0.05, 0) is 26.3 Å². The zero-order valence-corrected chi connectivity index (χ0v) is 14.8. The van der Waals surface area contributed by atoms with Crippen molar-refractivity contribution in [3.63, 3.8) is 0 Å². The number of piperazine rings is 1. The second-order valence-corrected chi connectivity index (χ2v) is 7.12. The van der Waals surface area contributed by atoms with E-state index in [1.165, 1.54) is 6.08 Å². The van der Waals surface area contributed by atoms with Crippen LogP contribution in [0, 0.1) is 0 Å². The van der Waals surface area contributed by atoms with E-state index in [0.717, 1.165) is 13.0 Å². The van der Waals surface area contributed by atoms with Crippen LogP contribution < -0.4 is 10.6 Å². The van der Waals surface area contributed by atoms with Crippen molar-refractivity contribution in [2.24, 2.45) is 0 Å². The number of carbonyl (C=O) groups is 2. The Hall–Kier alpha value is -2.74. The summed E-state index contributed by atoms with van der Waals surface area (Å²) in [5, 5.41) is 6.31. The fourth-order valence-corrected chi connectivity index (χ4v) is 3.95. The van der Waals surface area contributed by atoms with Crippen LogP contribution in [0.4, 0.5) is 0 Å². The number of amides is 2. The number of carbonyl (C=O) groups excluding carboxylic acids is 2. The molecule has 2 aromatic rings. The number of nitrogens with one attached hydrogen (secondary N) is 3. The number of likely N-dealkylation sites (tertiary alicyclic amines) is 1. The number of aromatic nitrogens is 3. The van der Waals surface area contributed by atoms with Crippen LogP contribution in [0.15, 0.2) is 25.0 Å². The lowest BCUT2D eigenvalue weighted by Crippen LogP contribution is -2.48. The third-order valence-electron chi connectivity index (χ3n) is 5.01. The van der Waals surface area contributed by atoms with Crippen molar-refractivity contribution in [3.8, 4) is 0 Å². The summed E-state index contributed by atoms with van der Waals surface area (Å²) in [5.41, 5.74) is 2.22. The number of H-pyrrole nitrogens is 1. The van der Waals surface area contributed by atoms with E-state index in [1.807, 2.05) is 18.7 Å². The summed E-state index contributed by atoms with van der Waals surface area (Å²) in [5.74, 6) is -0.291. The van der Waals surface area contributed by atoms with E-state index in [4.69, 9.17) is 4.98 Å². The Bertz CT molecular complexity index is 889. The molecule has 0 spiro atoms. The van der Waals surface area contributed by atoms with Gasteiger partial charge in [-0.3, -0.25) is 9.59 Å². The minimum atomic E-state index is -0.202. The maximum absolute atomic E-state index is 12.4. The molecule has 3 N–H and O–H groups in total. The summed E-state index contributed by atoms with van der Waals surface area (Å²) in [7, 11) is 0. The first-order chi connectivity index (χ1) is 12.5. The first-order valence-corrected chi connectivity index (χ1v) is 8.82. The molecule has 136 valence electrons. The van der Waals surface area contributed by atoms with Crippen molar-refractivity contribution in [1.29, 1.82) is 0 Å². The number of hydrogen-bond donors (Lipinski definition) is 3. The van der Waals surface area contributed by atoms with Gasteiger partial charge in [0, 0.05) is 30.9 Å². The molecule has 4 rings (SSSR count). The van der Waals surface area contributed by atoms with Gasteiger partial charge in [0.25, 0.3) is 5.91 Å². The lowest BCUT2D eigenvalue weighted by Gasteiger charge is -2.34. The van der Waals surface area contributed by atoms with Gasteiger partial charge >= 0.3 is 0 Å². The molecule has 2 amide bonds. The van der Waals surface area contributed by atoms with E-state index in [2.05, 4.69) is 27.2 Å². The highest BCUT2D eigenvalue weighted by atomic mass is 16.2. The van der Waals surface area contributed by atoms with Crippen LogP contribution in [0.25, 0.3) is 11.2 Å². The van der Waals surface area contributed by atoms with Gasteiger partial charge in [-0.1, -0.05) is 6.58 Å². The topological polar surface area (TPSA) is 103 Å². The van der Waals surface area contributed by atoms with Crippen LogP contribution in [-0.2, 0) is 4.79 Å². The van der Waals surface area contributed by atoms with Crippen LogP contribution in [0.3, 0.4) is 0 Å². The highest BCUT2D eigenvalue weighted by Crippen LogP contribution is 2.39. The lowest BCUT2D eigenvalue weighted by molar-refractivity contribution is -0.129. The Morgan fingerprint density at radius 1 is 1.46 bits per heavy atom. The summed E-state index contributed by atoms with van der Waals surface area (Å²) in [6, 6.07) is 0.108. The van der Waals surface area contributed by atoms with Gasteiger partial charge in [0.05, 0.1) is 23.5 Å². The molecular weight excluding hydrogens is 332 g/mol. The molecule has 26 heavy (non-hydrogen) atoms. The Balaban J connectivity index is 1.74. The largest absolute Gasteiger partial charge is 0.350 e. The third kappa shape index (κ3) is 2.57. The maximum Gasteiger partial charge on any atom is 0.255 e. The minimum absolute atomic E-state index is 0.0269. The average Bonchev–Trinajstić information content (AvgIpc) is 3.33. The number of hydrogen-bond acceptors (Lipinski definition) is 5. The molecule has 2 bridgehead atoms. The van der Waals surface area contributed by atoms with Crippen molar-refractivity contribution in [1.82, 2.24) is 30.5 Å². The molecule has 8 nitrogen and oxygen atoms in total. The van der Waals surface area contributed by atoms with Crippen molar-refractivity contribution in [3.05, 3.63) is 36.3 Å². The lowest BCUT2D eigenvalue weighted by atomic mass is 10.1. The molecule has 4 heterocycles. The molecule has 8 heteroatoms. The predicted octanol–water partition coefficient (Wildman–Crippen LogP) is 0.896. The summed E-state index contributed by atoms with van der Waals surface area (Å²) in [6.07, 6.45) is 5.53. The fourth-order valence-electron chi connectivity index (χ4n) is 3.95. The molecule has 3 atom stereocenters. The molecule has 0 radical (unpaired) electrons. The monoisotopic (exact) mass is 354 g/mol. The molecule has 2 aliphatic heterocycles. The Labute approximate surface area is 151 Å². The van der Waals surface area contributed by atoms with Gasteiger partial charge in [0.15, 0.2) is 5.65 Å². The summed E-state index contributed by atoms with van der Waals surface area (Å²) >= 11 is 0. The highest BCUT2D eigenvalue weighted by molar-refractivity contribution is 6.04. The Morgan fingerprint density at radius 2 is 2.27 bits per heavy atom. The third-order valence-corrected chi connectivity index (χ3v) is 5.01. The quantitative estimate of drug-likeness (QED) is 0.708. The molecule has 2 fully saturated rings. The maximum atomic E-state index is 12.4. The number of rotatable bonds is 4. The van der Waals surface area contributed by atoms with Crippen LogP contribution in [0.1, 0.15) is 42.4 Å². The Morgan fingerprint density at radius 3 is 3.00 bits per heavy atom. The summed E-state index contributed by atoms with van der Waals surface area (Å²) in [6.45, 7) is 8.21. The normalized spacial score (nSPS) is 24.4. The molecule has 2 aromatic heterocycles. The second-order valence-electron chi connectivity index (χ2n) is 7.12. The number of fused-ring (bicyclic) bond motifs is 3. The summed E-state index contributed by atoms with van der Waals surface area (Å²) < 4.78 is 0. The SMILES string of the molecule is C=CC(=O)N1C(c2cnc3[nH]cc(C(=O)NC(C)C)c3n2)[C@@H]2C[C@H]1CN2. The Kier molecular flexibility index (Phi) is 3.99. The van der Waals surface area contributed by atoms with E-state index in [0.29, 0.717) is 22.4 Å². The molecule has 2 saturated heterocycles. The highest BCUT2D eigenvalue weighted by Gasteiger charge is 2.48. The first-order valence-electron chi connectivity index (χ1n) is 8.82. The van der Waals surface area contributed by atoms with Gasteiger partial charge < -0.3 is 20.5 Å². The molecule has 0 saturated carbocycles. The average molecular weight is 354 g/mol. The van der Waals surface area contributed by atoms with Crippen LogP contribution in [0.2, 0.25) is 0 Å².